The second kappa shape index (κ2) is 5.62. The number of halogens is 1. The molecule has 2 rings (SSSR count). The van der Waals surface area contributed by atoms with Crippen molar-refractivity contribution >= 4 is 16.9 Å². The predicted molar refractivity (Wildman–Crippen MR) is 66.7 cm³/mol. The van der Waals surface area contributed by atoms with Crippen LogP contribution >= 0.6 is 0 Å². The molecule has 0 aliphatic rings. The third-order valence-corrected chi connectivity index (χ3v) is 2.53. The average molecular weight is 265 g/mol. The molecule has 0 aliphatic carbocycles. The summed E-state index contributed by atoms with van der Waals surface area (Å²) in [6.07, 6.45) is 0. The van der Waals surface area contributed by atoms with Crippen LogP contribution in [0.25, 0.3) is 11.0 Å². The van der Waals surface area contributed by atoms with Crippen LogP contribution in [0.4, 0.5) is 4.39 Å². The Kier molecular flexibility index (Phi) is 3.91. The van der Waals surface area contributed by atoms with Crippen LogP contribution in [0.5, 0.6) is 0 Å². The summed E-state index contributed by atoms with van der Waals surface area (Å²) in [4.78, 5) is 23.4. The third-order valence-electron chi connectivity index (χ3n) is 2.53. The zero-order valence-electron chi connectivity index (χ0n) is 10.2. The molecule has 19 heavy (non-hydrogen) atoms. The van der Waals surface area contributed by atoms with Crippen molar-refractivity contribution in [2.24, 2.45) is 0 Å². The Bertz CT molecular complexity index is 665. The molecule has 0 saturated heterocycles. The molecule has 1 aromatic carbocycles. The van der Waals surface area contributed by atoms with Crippen molar-refractivity contribution in [2.75, 3.05) is 20.3 Å². The number of fused-ring (bicyclic) bond motifs is 1. The molecule has 0 radical (unpaired) electrons. The number of nitrogens with one attached hydrogen (secondary N) is 1. The van der Waals surface area contributed by atoms with Crippen LogP contribution in [0.1, 0.15) is 10.4 Å². The van der Waals surface area contributed by atoms with Gasteiger partial charge in [-0.05, 0) is 18.2 Å². The Labute approximate surface area is 108 Å². The molecule has 0 saturated carbocycles. The van der Waals surface area contributed by atoms with E-state index in [2.05, 4.69) is 5.32 Å². The molecule has 1 N–H and O–H groups in total. The van der Waals surface area contributed by atoms with Crippen LogP contribution in [-0.2, 0) is 4.74 Å². The van der Waals surface area contributed by atoms with Crippen molar-refractivity contribution in [1.82, 2.24) is 5.32 Å². The Hall–Kier alpha value is -2.21. The zero-order chi connectivity index (χ0) is 13.8. The van der Waals surface area contributed by atoms with Gasteiger partial charge in [0.15, 0.2) is 0 Å². The summed E-state index contributed by atoms with van der Waals surface area (Å²) in [5, 5.41) is 3.00. The third kappa shape index (κ3) is 2.97. The summed E-state index contributed by atoms with van der Waals surface area (Å²) in [7, 11) is 1.51. The molecule has 6 heteroatoms. The zero-order valence-corrected chi connectivity index (χ0v) is 10.2. The Balaban J connectivity index is 2.33. The van der Waals surface area contributed by atoms with Gasteiger partial charge >= 0.3 is 5.63 Å². The molecule has 2 aromatic rings. The van der Waals surface area contributed by atoms with Gasteiger partial charge in [-0.25, -0.2) is 9.18 Å². The van der Waals surface area contributed by atoms with E-state index < -0.39 is 17.3 Å². The fourth-order valence-electron chi connectivity index (χ4n) is 1.61. The molecular formula is C13H12FNO4. The molecule has 0 bridgehead atoms. The minimum Gasteiger partial charge on any atom is -0.422 e. The lowest BCUT2D eigenvalue weighted by Crippen LogP contribution is -2.30. The van der Waals surface area contributed by atoms with Crippen LogP contribution in [0.3, 0.4) is 0 Å². The first-order valence-corrected chi connectivity index (χ1v) is 5.62. The monoisotopic (exact) mass is 265 g/mol. The number of rotatable bonds is 4. The predicted octanol–water partition coefficient (Wildman–Crippen LogP) is 1.31. The number of hydrogen-bond acceptors (Lipinski definition) is 4. The largest absolute Gasteiger partial charge is 0.422 e. The highest BCUT2D eigenvalue weighted by Crippen LogP contribution is 2.14. The van der Waals surface area contributed by atoms with Crippen LogP contribution in [0.2, 0.25) is 0 Å². The molecule has 0 aliphatic heterocycles. The van der Waals surface area contributed by atoms with Crippen molar-refractivity contribution in [3.63, 3.8) is 0 Å². The number of carbonyl (C=O) groups is 1. The van der Waals surface area contributed by atoms with E-state index in [1.165, 1.54) is 25.3 Å². The molecule has 0 unspecified atom stereocenters. The summed E-state index contributed by atoms with van der Waals surface area (Å²) in [6.45, 7) is 0.631. The maximum Gasteiger partial charge on any atom is 0.349 e. The van der Waals surface area contributed by atoms with Crippen LogP contribution in [0.15, 0.2) is 33.5 Å². The highest BCUT2D eigenvalue weighted by Gasteiger charge is 2.13. The van der Waals surface area contributed by atoms with Gasteiger partial charge in [0.1, 0.15) is 17.0 Å². The van der Waals surface area contributed by atoms with Crippen LogP contribution in [0, 0.1) is 5.82 Å². The molecule has 0 spiro atoms. The molecule has 0 fully saturated rings. The van der Waals surface area contributed by atoms with Crippen molar-refractivity contribution in [2.45, 2.75) is 0 Å². The summed E-state index contributed by atoms with van der Waals surface area (Å²) in [5.41, 5.74) is -0.804. The smallest absolute Gasteiger partial charge is 0.349 e. The van der Waals surface area contributed by atoms with E-state index in [-0.39, 0.29) is 17.7 Å². The lowest BCUT2D eigenvalue weighted by molar-refractivity contribution is 0.0933. The fourth-order valence-corrected chi connectivity index (χ4v) is 1.61. The first kappa shape index (κ1) is 13.2. The molecule has 0 atom stereocenters. The lowest BCUT2D eigenvalue weighted by Gasteiger charge is -2.04. The van der Waals surface area contributed by atoms with Gasteiger partial charge in [-0.3, -0.25) is 4.79 Å². The van der Waals surface area contributed by atoms with E-state index in [1.54, 1.807) is 0 Å². The topological polar surface area (TPSA) is 68.5 Å². The summed E-state index contributed by atoms with van der Waals surface area (Å²) in [5.74, 6) is -1.05. The molecular weight excluding hydrogens is 253 g/mol. The van der Waals surface area contributed by atoms with Crippen molar-refractivity contribution < 1.29 is 18.3 Å². The quantitative estimate of drug-likeness (QED) is 0.668. The SMILES string of the molecule is COCCNC(=O)c1cc2ccc(F)cc2oc1=O. The number of benzene rings is 1. The first-order chi connectivity index (χ1) is 9.11. The van der Waals surface area contributed by atoms with Gasteiger partial charge in [0, 0.05) is 25.1 Å². The highest BCUT2D eigenvalue weighted by atomic mass is 19.1. The number of ether oxygens (including phenoxy) is 1. The van der Waals surface area contributed by atoms with Gasteiger partial charge in [-0.1, -0.05) is 0 Å². The van der Waals surface area contributed by atoms with Gasteiger partial charge in [-0.2, -0.15) is 0 Å². The average Bonchev–Trinajstić information content (AvgIpc) is 2.38. The van der Waals surface area contributed by atoms with Gasteiger partial charge < -0.3 is 14.5 Å². The standard InChI is InChI=1S/C13H12FNO4/c1-18-5-4-15-12(16)10-6-8-2-3-9(14)7-11(8)19-13(10)17/h2-3,6-7H,4-5H2,1H3,(H,15,16). The fraction of sp³-hybridized carbons (Fsp3) is 0.231. The molecule has 100 valence electrons. The van der Waals surface area contributed by atoms with Crippen molar-refractivity contribution in [1.29, 1.82) is 0 Å². The van der Waals surface area contributed by atoms with Crippen LogP contribution in [-0.4, -0.2) is 26.2 Å². The molecule has 5 nitrogen and oxygen atoms in total. The Morgan fingerprint density at radius 2 is 2.21 bits per heavy atom. The molecule has 1 heterocycles. The normalized spacial score (nSPS) is 10.6. The highest BCUT2D eigenvalue weighted by molar-refractivity contribution is 5.96. The maximum absolute atomic E-state index is 13.0. The summed E-state index contributed by atoms with van der Waals surface area (Å²) < 4.78 is 22.7. The molecule has 1 amide bonds. The van der Waals surface area contributed by atoms with E-state index in [9.17, 15) is 14.0 Å². The minimum absolute atomic E-state index is 0.110. The van der Waals surface area contributed by atoms with E-state index >= 15 is 0 Å². The van der Waals surface area contributed by atoms with Crippen molar-refractivity contribution in [3.8, 4) is 0 Å². The maximum atomic E-state index is 13.0. The van der Waals surface area contributed by atoms with Crippen LogP contribution < -0.4 is 10.9 Å². The Morgan fingerprint density at radius 3 is 2.95 bits per heavy atom. The molecule has 1 aromatic heterocycles. The van der Waals surface area contributed by atoms with Gasteiger partial charge in [0.2, 0.25) is 0 Å². The van der Waals surface area contributed by atoms with Gasteiger partial charge in [0.25, 0.3) is 5.91 Å². The number of carbonyl (C=O) groups excluding carboxylic acids is 1. The van der Waals surface area contributed by atoms with Crippen molar-refractivity contribution in [3.05, 3.63) is 46.1 Å². The van der Waals surface area contributed by atoms with E-state index in [0.29, 0.717) is 12.0 Å². The number of hydrogen-bond donors (Lipinski definition) is 1. The second-order valence-electron chi connectivity index (χ2n) is 3.88. The van der Waals surface area contributed by atoms with Gasteiger partial charge in [-0.15, -0.1) is 0 Å². The van der Waals surface area contributed by atoms with E-state index in [0.717, 1.165) is 6.07 Å². The summed E-state index contributed by atoms with van der Waals surface area (Å²) >= 11 is 0. The second-order valence-corrected chi connectivity index (χ2v) is 3.88. The van der Waals surface area contributed by atoms with E-state index in [4.69, 9.17) is 9.15 Å². The minimum atomic E-state index is -0.798. The van der Waals surface area contributed by atoms with E-state index in [1.807, 2.05) is 0 Å². The first-order valence-electron chi connectivity index (χ1n) is 5.62. The summed E-state index contributed by atoms with van der Waals surface area (Å²) in [6, 6.07) is 5.15. The van der Waals surface area contributed by atoms with Gasteiger partial charge in [0.05, 0.1) is 6.61 Å². The number of methoxy groups -OCH3 is 1. The Morgan fingerprint density at radius 1 is 1.42 bits per heavy atom. The lowest BCUT2D eigenvalue weighted by atomic mass is 10.2. The number of amides is 1.